The van der Waals surface area contributed by atoms with Crippen molar-refractivity contribution in [3.05, 3.63) is 119 Å². The molecule has 4 rings (SSSR count). The molecular formula is C27H22N4O. The van der Waals surface area contributed by atoms with E-state index in [0.717, 1.165) is 23.2 Å². The summed E-state index contributed by atoms with van der Waals surface area (Å²) in [7, 11) is 0. The number of hydrogen-bond donors (Lipinski definition) is 2. The predicted molar refractivity (Wildman–Crippen MR) is 126 cm³/mol. The fourth-order valence-electron chi connectivity index (χ4n) is 3.29. The van der Waals surface area contributed by atoms with Crippen molar-refractivity contribution in [1.82, 2.24) is 9.97 Å². The highest BCUT2D eigenvalue weighted by molar-refractivity contribution is 5.76. The summed E-state index contributed by atoms with van der Waals surface area (Å²) in [6, 6.07) is 26.1. The van der Waals surface area contributed by atoms with Crippen LogP contribution >= 0.6 is 0 Å². The highest BCUT2D eigenvalue weighted by atomic mass is 16.1. The van der Waals surface area contributed by atoms with Gasteiger partial charge in [0.05, 0.1) is 12.0 Å². The van der Waals surface area contributed by atoms with E-state index >= 15 is 0 Å². The van der Waals surface area contributed by atoms with E-state index in [4.69, 9.17) is 5.73 Å². The fraction of sp³-hybridized carbons (Fsp3) is 0.0741. The predicted octanol–water partition coefficient (Wildman–Crippen LogP) is 4.24. The van der Waals surface area contributed by atoms with E-state index in [-0.39, 0.29) is 12.3 Å². The number of nitrogens with two attached hydrogens (primary N) is 1. The Hall–Kier alpha value is -4.43. The first-order valence-corrected chi connectivity index (χ1v) is 10.2. The Morgan fingerprint density at radius 2 is 1.62 bits per heavy atom. The maximum absolute atomic E-state index is 11.2. The third kappa shape index (κ3) is 5.80. The quantitative estimate of drug-likeness (QED) is 0.459. The monoisotopic (exact) mass is 418 g/mol. The summed E-state index contributed by atoms with van der Waals surface area (Å²) in [5, 5.41) is 3.32. The van der Waals surface area contributed by atoms with Gasteiger partial charge in [-0.1, -0.05) is 66.4 Å². The lowest BCUT2D eigenvalue weighted by Crippen LogP contribution is -2.13. The first kappa shape index (κ1) is 20.8. The molecule has 0 aliphatic heterocycles. The molecule has 5 heteroatoms. The third-order valence-corrected chi connectivity index (χ3v) is 4.83. The van der Waals surface area contributed by atoms with E-state index in [1.54, 1.807) is 6.20 Å². The number of nitrogens with one attached hydrogen (secondary N) is 1. The van der Waals surface area contributed by atoms with Gasteiger partial charge in [-0.25, -0.2) is 9.97 Å². The molecule has 0 saturated heterocycles. The maximum Gasteiger partial charge on any atom is 0.221 e. The molecule has 0 saturated carbocycles. The highest BCUT2D eigenvalue weighted by Gasteiger charge is 2.04. The molecule has 1 amide bonds. The number of carbonyl (C=O) groups excluding carboxylic acids is 1. The first-order valence-electron chi connectivity index (χ1n) is 10.2. The number of hydrogen-bond acceptors (Lipinski definition) is 4. The summed E-state index contributed by atoms with van der Waals surface area (Å²) in [4.78, 5) is 19.6. The number of rotatable bonds is 6. The second kappa shape index (κ2) is 10.1. The van der Waals surface area contributed by atoms with Crippen LogP contribution in [0.5, 0.6) is 0 Å². The van der Waals surface area contributed by atoms with Crippen LogP contribution in [0.1, 0.15) is 27.8 Å². The van der Waals surface area contributed by atoms with Crippen molar-refractivity contribution in [2.24, 2.45) is 5.73 Å². The number of nitrogens with zero attached hydrogens (tertiary/aromatic N) is 2. The van der Waals surface area contributed by atoms with Gasteiger partial charge in [0, 0.05) is 17.4 Å². The van der Waals surface area contributed by atoms with Gasteiger partial charge in [0.15, 0.2) is 0 Å². The van der Waals surface area contributed by atoms with Gasteiger partial charge in [-0.3, -0.25) is 4.79 Å². The van der Waals surface area contributed by atoms with E-state index in [0.29, 0.717) is 11.4 Å². The molecule has 0 aliphatic carbocycles. The molecule has 4 aromatic rings. The summed E-state index contributed by atoms with van der Waals surface area (Å²) >= 11 is 0. The van der Waals surface area contributed by atoms with Crippen LogP contribution < -0.4 is 11.1 Å². The van der Waals surface area contributed by atoms with Gasteiger partial charge in [0.25, 0.3) is 0 Å². The van der Waals surface area contributed by atoms with E-state index in [2.05, 4.69) is 63.5 Å². The van der Waals surface area contributed by atoms with Gasteiger partial charge in [-0.05, 0) is 47.4 Å². The molecule has 0 aliphatic rings. The molecule has 0 fully saturated rings. The molecule has 3 aromatic carbocycles. The minimum atomic E-state index is -0.368. The summed E-state index contributed by atoms with van der Waals surface area (Å²) in [6.07, 6.45) is 4.25. The van der Waals surface area contributed by atoms with Crippen molar-refractivity contribution in [2.75, 3.05) is 5.32 Å². The molecule has 0 radical (unpaired) electrons. The summed E-state index contributed by atoms with van der Waals surface area (Å²) in [5.41, 5.74) is 11.0. The molecule has 0 unspecified atom stereocenters. The molecule has 1 heterocycles. The zero-order valence-corrected chi connectivity index (χ0v) is 17.5. The van der Waals surface area contributed by atoms with Crippen LogP contribution in [0.25, 0.3) is 0 Å². The average molecular weight is 419 g/mol. The molecule has 1 aromatic heterocycles. The second-order valence-electron chi connectivity index (χ2n) is 7.36. The molecule has 156 valence electrons. The maximum atomic E-state index is 11.2. The van der Waals surface area contributed by atoms with Gasteiger partial charge in [0.2, 0.25) is 5.91 Å². The van der Waals surface area contributed by atoms with Crippen molar-refractivity contribution in [3.63, 3.8) is 0 Å². The van der Waals surface area contributed by atoms with E-state index in [1.807, 2.05) is 42.5 Å². The van der Waals surface area contributed by atoms with Crippen molar-refractivity contribution in [2.45, 2.75) is 12.8 Å². The summed E-state index contributed by atoms with van der Waals surface area (Å²) in [6.45, 7) is 0. The smallest absolute Gasteiger partial charge is 0.221 e. The zero-order chi connectivity index (χ0) is 22.2. The highest BCUT2D eigenvalue weighted by Crippen LogP contribution is 2.19. The first-order chi connectivity index (χ1) is 15.7. The Labute approximate surface area is 187 Å². The number of aromatic nitrogens is 2. The zero-order valence-electron chi connectivity index (χ0n) is 17.5. The van der Waals surface area contributed by atoms with Crippen LogP contribution in [-0.2, 0) is 17.6 Å². The topological polar surface area (TPSA) is 80.9 Å². The lowest BCUT2D eigenvalue weighted by atomic mass is 10.0. The summed E-state index contributed by atoms with van der Waals surface area (Å²) in [5.74, 6) is 6.50. The van der Waals surface area contributed by atoms with Crippen molar-refractivity contribution in [3.8, 4) is 11.8 Å². The lowest BCUT2D eigenvalue weighted by molar-refractivity contribution is -0.117. The summed E-state index contributed by atoms with van der Waals surface area (Å²) < 4.78 is 0. The number of primary amides is 1. The van der Waals surface area contributed by atoms with Crippen LogP contribution in [0.3, 0.4) is 0 Å². The Morgan fingerprint density at radius 3 is 2.41 bits per heavy atom. The standard InChI is InChI=1S/C27H22N4O/c28-26(32)17-23-8-4-7-21(16-23)9-12-24-18-29-19-30-27(24)31-25-13-10-22(11-14-25)15-20-5-2-1-3-6-20/h1-8,10-11,13-14,16,18-19H,15,17H2,(H2,28,32)(H,29,30,31). The van der Waals surface area contributed by atoms with E-state index in [9.17, 15) is 4.79 Å². The van der Waals surface area contributed by atoms with Crippen molar-refractivity contribution < 1.29 is 4.79 Å². The number of anilines is 2. The lowest BCUT2D eigenvalue weighted by Gasteiger charge is -2.08. The number of carbonyl (C=O) groups is 1. The molecule has 3 N–H and O–H groups in total. The van der Waals surface area contributed by atoms with E-state index < -0.39 is 0 Å². The molecule has 0 atom stereocenters. The van der Waals surface area contributed by atoms with Crippen molar-refractivity contribution >= 4 is 17.4 Å². The number of benzene rings is 3. The molecule has 32 heavy (non-hydrogen) atoms. The molecule has 0 bridgehead atoms. The Bertz CT molecular complexity index is 1270. The van der Waals surface area contributed by atoms with Gasteiger partial charge < -0.3 is 11.1 Å². The Kier molecular flexibility index (Phi) is 6.54. The third-order valence-electron chi connectivity index (χ3n) is 4.83. The largest absolute Gasteiger partial charge is 0.369 e. The minimum Gasteiger partial charge on any atom is -0.369 e. The van der Waals surface area contributed by atoms with Gasteiger partial charge in [-0.2, -0.15) is 0 Å². The average Bonchev–Trinajstić information content (AvgIpc) is 2.80. The Morgan fingerprint density at radius 1 is 0.875 bits per heavy atom. The van der Waals surface area contributed by atoms with Gasteiger partial charge >= 0.3 is 0 Å². The Balaban J connectivity index is 1.49. The number of amides is 1. The van der Waals surface area contributed by atoms with Crippen LogP contribution in [0.4, 0.5) is 11.5 Å². The molecule has 0 spiro atoms. The minimum absolute atomic E-state index is 0.192. The van der Waals surface area contributed by atoms with Crippen LogP contribution in [0.15, 0.2) is 91.4 Å². The molecular weight excluding hydrogens is 396 g/mol. The normalized spacial score (nSPS) is 10.1. The second-order valence-corrected chi connectivity index (χ2v) is 7.36. The van der Waals surface area contributed by atoms with Crippen molar-refractivity contribution in [1.29, 1.82) is 0 Å². The molecule has 5 nitrogen and oxygen atoms in total. The SMILES string of the molecule is NC(=O)Cc1cccc(C#Cc2cncnc2Nc2ccc(Cc3ccccc3)cc2)c1. The van der Waals surface area contributed by atoms with E-state index in [1.165, 1.54) is 17.5 Å². The van der Waals surface area contributed by atoms with Crippen LogP contribution in [-0.4, -0.2) is 15.9 Å². The fourth-order valence-corrected chi connectivity index (χ4v) is 3.29. The van der Waals surface area contributed by atoms with Crippen LogP contribution in [0.2, 0.25) is 0 Å². The van der Waals surface area contributed by atoms with Crippen LogP contribution in [0, 0.1) is 11.8 Å². The van der Waals surface area contributed by atoms with Gasteiger partial charge in [-0.15, -0.1) is 0 Å². The van der Waals surface area contributed by atoms with Gasteiger partial charge in [0.1, 0.15) is 12.1 Å².